The van der Waals surface area contributed by atoms with Crippen LogP contribution in [0, 0.1) is 5.82 Å². The van der Waals surface area contributed by atoms with Crippen molar-refractivity contribution in [3.05, 3.63) is 64.4 Å². The molecule has 2 amide bonds. The molecule has 0 aromatic heterocycles. The lowest BCUT2D eigenvalue weighted by Gasteiger charge is -2.40. The normalized spacial score (nSPS) is 16.3. The Morgan fingerprint density at radius 1 is 1.23 bits per heavy atom. The Labute approximate surface area is 187 Å². The molecule has 1 atom stereocenters. The van der Waals surface area contributed by atoms with Crippen molar-refractivity contribution in [1.29, 1.82) is 0 Å². The fourth-order valence-electron chi connectivity index (χ4n) is 4.16. The van der Waals surface area contributed by atoms with Crippen LogP contribution in [0.5, 0.6) is 0 Å². The molecule has 1 unspecified atom stereocenters. The lowest BCUT2D eigenvalue weighted by molar-refractivity contribution is 0.0989. The van der Waals surface area contributed by atoms with Crippen LogP contribution in [0.2, 0.25) is 0 Å². The third kappa shape index (κ3) is 6.05. The van der Waals surface area contributed by atoms with Crippen LogP contribution >= 0.6 is 15.9 Å². The van der Waals surface area contributed by atoms with Gasteiger partial charge in [0.15, 0.2) is 0 Å². The summed E-state index contributed by atoms with van der Waals surface area (Å²) in [6.45, 7) is 7.09. The first kappa shape index (κ1) is 22.8. The van der Waals surface area contributed by atoms with Crippen molar-refractivity contribution in [1.82, 2.24) is 9.80 Å². The van der Waals surface area contributed by atoms with Crippen LogP contribution in [0.1, 0.15) is 45.1 Å². The Hall–Kier alpha value is -1.92. The van der Waals surface area contributed by atoms with Crippen molar-refractivity contribution >= 4 is 27.6 Å². The van der Waals surface area contributed by atoms with Crippen LogP contribution in [0.15, 0.2) is 53.0 Å². The smallest absolute Gasteiger partial charge is 0.317 e. The molecule has 2 aromatic carbocycles. The zero-order valence-electron chi connectivity index (χ0n) is 17.8. The molecule has 0 radical (unpaired) electrons. The van der Waals surface area contributed by atoms with E-state index in [4.69, 9.17) is 0 Å². The summed E-state index contributed by atoms with van der Waals surface area (Å²) in [7, 11) is 0. The topological polar surface area (TPSA) is 35.6 Å². The fourth-order valence-corrected chi connectivity index (χ4v) is 4.61. The van der Waals surface area contributed by atoms with Gasteiger partial charge in [-0.1, -0.05) is 43.7 Å². The van der Waals surface area contributed by atoms with E-state index < -0.39 is 0 Å². The first-order valence-corrected chi connectivity index (χ1v) is 11.6. The number of hydrogen-bond acceptors (Lipinski definition) is 2. The molecule has 1 aliphatic heterocycles. The van der Waals surface area contributed by atoms with Gasteiger partial charge in [-0.05, 0) is 65.9 Å². The molecule has 0 aliphatic carbocycles. The average Bonchev–Trinajstić information content (AvgIpc) is 2.75. The number of benzene rings is 2. The number of halogens is 2. The highest BCUT2D eigenvalue weighted by molar-refractivity contribution is 9.10. The van der Waals surface area contributed by atoms with Crippen molar-refractivity contribution < 1.29 is 9.18 Å². The number of urea groups is 1. The molecule has 162 valence electrons. The maximum atomic E-state index is 13.4. The number of rotatable bonds is 7. The van der Waals surface area contributed by atoms with Crippen molar-refractivity contribution in [2.75, 3.05) is 18.4 Å². The minimum absolute atomic E-state index is 0.147. The summed E-state index contributed by atoms with van der Waals surface area (Å²) in [5.74, 6) is -0.338. The molecule has 30 heavy (non-hydrogen) atoms. The number of carbonyl (C=O) groups is 1. The van der Waals surface area contributed by atoms with Crippen molar-refractivity contribution in [2.24, 2.45) is 0 Å². The molecule has 1 aliphatic rings. The van der Waals surface area contributed by atoms with Crippen LogP contribution < -0.4 is 5.32 Å². The summed E-state index contributed by atoms with van der Waals surface area (Å²) < 4.78 is 14.0. The Kier molecular flexibility index (Phi) is 8.28. The molecule has 0 saturated carbocycles. The van der Waals surface area contributed by atoms with Gasteiger partial charge in [0.25, 0.3) is 0 Å². The van der Waals surface area contributed by atoms with Crippen LogP contribution in [0.25, 0.3) is 0 Å². The van der Waals surface area contributed by atoms with Gasteiger partial charge in [0.05, 0.1) is 5.69 Å². The zero-order chi connectivity index (χ0) is 21.5. The van der Waals surface area contributed by atoms with E-state index in [1.807, 2.05) is 35.2 Å². The average molecular weight is 476 g/mol. The van der Waals surface area contributed by atoms with E-state index >= 15 is 0 Å². The maximum Gasteiger partial charge on any atom is 0.322 e. The second-order valence-corrected chi connectivity index (χ2v) is 8.93. The number of nitrogens with one attached hydrogen (secondary N) is 1. The minimum atomic E-state index is -0.338. The second kappa shape index (κ2) is 10.9. The van der Waals surface area contributed by atoms with Gasteiger partial charge in [0, 0.05) is 36.2 Å². The second-order valence-electron chi connectivity index (χ2n) is 8.07. The molecule has 1 N–H and O–H groups in total. The van der Waals surface area contributed by atoms with Gasteiger partial charge in [-0.25, -0.2) is 9.18 Å². The van der Waals surface area contributed by atoms with E-state index in [0.29, 0.717) is 22.7 Å². The molecule has 1 heterocycles. The van der Waals surface area contributed by atoms with E-state index in [0.717, 1.165) is 31.5 Å². The number of anilines is 1. The molecule has 2 aromatic rings. The first-order chi connectivity index (χ1) is 14.5. The molecule has 0 bridgehead atoms. The maximum absolute atomic E-state index is 13.4. The highest BCUT2D eigenvalue weighted by Gasteiger charge is 2.29. The highest BCUT2D eigenvalue weighted by atomic mass is 79.9. The van der Waals surface area contributed by atoms with E-state index in [1.165, 1.54) is 25.0 Å². The Morgan fingerprint density at radius 2 is 1.93 bits per heavy atom. The number of amides is 2. The predicted molar refractivity (Wildman–Crippen MR) is 124 cm³/mol. The standard InChI is InChI=1S/C24H31BrFN3O/c1-3-7-18(2)28-14-12-21(13-15-28)29(17-19-8-5-4-6-9-19)24(30)27-23-11-10-20(26)16-22(23)25/h4-6,8-11,16,18,21H,3,7,12-15,17H2,1-2H3,(H,27,30). The van der Waals surface area contributed by atoms with Gasteiger partial charge < -0.3 is 15.1 Å². The lowest BCUT2D eigenvalue weighted by Crippen LogP contribution is -2.50. The highest BCUT2D eigenvalue weighted by Crippen LogP contribution is 2.26. The molecule has 0 spiro atoms. The zero-order valence-corrected chi connectivity index (χ0v) is 19.4. The Balaban J connectivity index is 1.73. The SMILES string of the molecule is CCCC(C)N1CCC(N(Cc2ccccc2)C(=O)Nc2ccc(F)cc2Br)CC1. The molecule has 6 heteroatoms. The molecule has 3 rings (SSSR count). The van der Waals surface area contributed by atoms with Crippen molar-refractivity contribution in [3.63, 3.8) is 0 Å². The van der Waals surface area contributed by atoms with Gasteiger partial charge in [-0.15, -0.1) is 0 Å². The summed E-state index contributed by atoms with van der Waals surface area (Å²) in [6.07, 6.45) is 4.31. The summed E-state index contributed by atoms with van der Waals surface area (Å²) in [5.41, 5.74) is 1.68. The van der Waals surface area contributed by atoms with E-state index in [-0.39, 0.29) is 17.9 Å². The van der Waals surface area contributed by atoms with Crippen molar-refractivity contribution in [2.45, 2.75) is 58.2 Å². The van der Waals surface area contributed by atoms with Gasteiger partial charge in [0.1, 0.15) is 5.82 Å². The van der Waals surface area contributed by atoms with Crippen LogP contribution in [-0.4, -0.2) is 41.0 Å². The van der Waals surface area contributed by atoms with Crippen LogP contribution in [-0.2, 0) is 6.54 Å². The third-order valence-corrected chi connectivity index (χ3v) is 6.56. The number of nitrogens with zero attached hydrogens (tertiary/aromatic N) is 2. The van der Waals surface area contributed by atoms with E-state index in [9.17, 15) is 9.18 Å². The number of piperidine rings is 1. The Bertz CT molecular complexity index is 824. The van der Waals surface area contributed by atoms with Crippen molar-refractivity contribution in [3.8, 4) is 0 Å². The quantitative estimate of drug-likeness (QED) is 0.511. The number of carbonyl (C=O) groups excluding carboxylic acids is 1. The number of likely N-dealkylation sites (tertiary alicyclic amines) is 1. The molecular weight excluding hydrogens is 445 g/mol. The molecular formula is C24H31BrFN3O. The largest absolute Gasteiger partial charge is 0.322 e. The summed E-state index contributed by atoms with van der Waals surface area (Å²) in [4.78, 5) is 17.7. The van der Waals surface area contributed by atoms with E-state index in [2.05, 4.69) is 40.0 Å². The Morgan fingerprint density at radius 3 is 2.57 bits per heavy atom. The van der Waals surface area contributed by atoms with Crippen LogP contribution in [0.4, 0.5) is 14.9 Å². The van der Waals surface area contributed by atoms with Crippen LogP contribution in [0.3, 0.4) is 0 Å². The first-order valence-electron chi connectivity index (χ1n) is 10.8. The van der Waals surface area contributed by atoms with Gasteiger partial charge >= 0.3 is 6.03 Å². The van der Waals surface area contributed by atoms with E-state index in [1.54, 1.807) is 6.07 Å². The molecule has 1 saturated heterocycles. The van der Waals surface area contributed by atoms with Gasteiger partial charge in [-0.3, -0.25) is 0 Å². The van der Waals surface area contributed by atoms with Gasteiger partial charge in [-0.2, -0.15) is 0 Å². The third-order valence-electron chi connectivity index (χ3n) is 5.90. The summed E-state index contributed by atoms with van der Waals surface area (Å²) >= 11 is 3.35. The number of hydrogen-bond donors (Lipinski definition) is 1. The van der Waals surface area contributed by atoms with Gasteiger partial charge in [0.2, 0.25) is 0 Å². The minimum Gasteiger partial charge on any atom is -0.317 e. The lowest BCUT2D eigenvalue weighted by atomic mass is 10.00. The molecule has 4 nitrogen and oxygen atoms in total. The summed E-state index contributed by atoms with van der Waals surface area (Å²) in [6, 6.07) is 15.0. The monoisotopic (exact) mass is 475 g/mol. The summed E-state index contributed by atoms with van der Waals surface area (Å²) in [5, 5.41) is 2.97. The molecule has 1 fully saturated rings. The predicted octanol–water partition coefficient (Wildman–Crippen LogP) is 6.28. The fraction of sp³-hybridized carbons (Fsp3) is 0.458.